The summed E-state index contributed by atoms with van der Waals surface area (Å²) in [7, 11) is 0. The van der Waals surface area contributed by atoms with E-state index in [1.54, 1.807) is 0 Å². The second-order valence-corrected chi connectivity index (χ2v) is 14.5. The van der Waals surface area contributed by atoms with Crippen LogP contribution in [-0.4, -0.2) is 0 Å². The molecule has 0 aliphatic heterocycles. The molecular weight excluding hydrogens is 675 g/mol. The molecule has 10 rings (SSSR count). The van der Waals surface area contributed by atoms with Crippen LogP contribution in [0, 0.1) is 0 Å². The molecule has 0 saturated carbocycles. The van der Waals surface area contributed by atoms with Crippen LogP contribution in [0.4, 0.5) is 17.1 Å². The molecule has 0 aromatic heterocycles. The first kappa shape index (κ1) is 33.4. The first-order chi connectivity index (χ1) is 27.8. The molecule has 0 amide bonds. The van der Waals surface area contributed by atoms with Gasteiger partial charge in [0.05, 0.1) is 0 Å². The minimum Gasteiger partial charge on any atom is -0.310 e. The van der Waals surface area contributed by atoms with E-state index in [1.807, 2.05) is 0 Å². The van der Waals surface area contributed by atoms with Crippen molar-refractivity contribution in [2.75, 3.05) is 4.90 Å². The van der Waals surface area contributed by atoms with E-state index in [2.05, 4.69) is 235 Å². The Morgan fingerprint density at radius 3 is 1.21 bits per heavy atom. The summed E-state index contributed by atoms with van der Waals surface area (Å²) in [6, 6.07) is 83.7. The molecule has 0 bridgehead atoms. The van der Waals surface area contributed by atoms with E-state index >= 15 is 0 Å². The molecule has 1 nitrogen and oxygen atoms in total. The van der Waals surface area contributed by atoms with Crippen LogP contribution in [0.15, 0.2) is 231 Å². The average molecular weight is 714 g/mol. The predicted octanol–water partition coefficient (Wildman–Crippen LogP) is 15.0. The summed E-state index contributed by atoms with van der Waals surface area (Å²) >= 11 is 0. The fourth-order valence-corrected chi connectivity index (χ4v) is 8.38. The topological polar surface area (TPSA) is 3.24 Å². The fourth-order valence-electron chi connectivity index (χ4n) is 8.38. The molecule has 1 aliphatic carbocycles. The van der Waals surface area contributed by atoms with Crippen molar-refractivity contribution in [3.05, 3.63) is 247 Å². The number of fused-ring (bicyclic) bond motifs is 3. The van der Waals surface area contributed by atoms with Gasteiger partial charge in [-0.15, -0.1) is 0 Å². The van der Waals surface area contributed by atoms with Crippen molar-refractivity contribution in [1.82, 2.24) is 0 Å². The van der Waals surface area contributed by atoms with Gasteiger partial charge in [0.1, 0.15) is 0 Å². The number of anilines is 3. The molecule has 0 radical (unpaired) electrons. The molecule has 1 aliphatic rings. The van der Waals surface area contributed by atoms with Gasteiger partial charge in [-0.1, -0.05) is 188 Å². The molecule has 9 aromatic rings. The lowest BCUT2D eigenvalue weighted by Gasteiger charge is -2.26. The summed E-state index contributed by atoms with van der Waals surface area (Å²) in [5.41, 5.74) is 19.7. The van der Waals surface area contributed by atoms with Gasteiger partial charge in [-0.2, -0.15) is 0 Å². The Labute approximate surface area is 329 Å². The van der Waals surface area contributed by atoms with Crippen molar-refractivity contribution in [2.24, 2.45) is 0 Å². The maximum absolute atomic E-state index is 2.40. The van der Waals surface area contributed by atoms with Gasteiger partial charge in [0, 0.05) is 23.0 Å². The summed E-state index contributed by atoms with van der Waals surface area (Å²) in [6.45, 7) is 0. The molecule has 1 atom stereocenters. The molecule has 264 valence electrons. The summed E-state index contributed by atoms with van der Waals surface area (Å²) in [5, 5.41) is 0. The van der Waals surface area contributed by atoms with Crippen molar-refractivity contribution in [3.8, 4) is 55.6 Å². The van der Waals surface area contributed by atoms with Gasteiger partial charge in [0.25, 0.3) is 0 Å². The molecule has 56 heavy (non-hydrogen) atoms. The first-order valence-corrected chi connectivity index (χ1v) is 19.4. The highest BCUT2D eigenvalue weighted by Gasteiger charge is 2.30. The van der Waals surface area contributed by atoms with Crippen molar-refractivity contribution in [2.45, 2.75) is 5.92 Å². The van der Waals surface area contributed by atoms with Gasteiger partial charge in [0.15, 0.2) is 0 Å². The Hall–Kier alpha value is -7.22. The Kier molecular flexibility index (Phi) is 8.67. The molecular formula is C55H39N. The van der Waals surface area contributed by atoms with Crippen LogP contribution >= 0.6 is 0 Å². The molecule has 0 fully saturated rings. The SMILES string of the molecule is c1ccc(-c2ccc(C3c4ccccc4-c4cc(-c5cccc(N(c6ccc(-c7ccccc7)cc6)c6ccc(-c7ccccc7)cc6)c5)ccc43)cc2)cc1. The van der Waals surface area contributed by atoms with Gasteiger partial charge < -0.3 is 4.90 Å². The maximum atomic E-state index is 2.40. The Bertz CT molecular complexity index is 2670. The first-order valence-electron chi connectivity index (χ1n) is 19.4. The zero-order chi connectivity index (χ0) is 37.3. The van der Waals surface area contributed by atoms with E-state index in [9.17, 15) is 0 Å². The largest absolute Gasteiger partial charge is 0.310 e. The fraction of sp³-hybridized carbons (Fsp3) is 0.0182. The smallest absolute Gasteiger partial charge is 0.0467 e. The van der Waals surface area contributed by atoms with Gasteiger partial charge >= 0.3 is 0 Å². The summed E-state index contributed by atoms with van der Waals surface area (Å²) in [6.07, 6.45) is 0. The van der Waals surface area contributed by atoms with Crippen LogP contribution in [0.3, 0.4) is 0 Å². The van der Waals surface area contributed by atoms with Crippen LogP contribution in [0.25, 0.3) is 55.6 Å². The minimum atomic E-state index is 0.194. The molecule has 0 N–H and O–H groups in total. The standard InChI is InChI=1S/C55H39N/c1-4-13-39(14-5-1)42-23-25-45(26-24-42)55-52-22-11-10-21-51(52)54-38-47(31-36-53(54)55)46-19-12-20-50(37-46)56(48-32-27-43(28-33-48)40-15-6-2-7-16-40)49-34-29-44(30-35-49)41-17-8-3-9-18-41/h1-38,55H. The third-order valence-electron chi connectivity index (χ3n) is 11.2. The van der Waals surface area contributed by atoms with Crippen molar-refractivity contribution in [1.29, 1.82) is 0 Å². The molecule has 1 heteroatoms. The minimum absolute atomic E-state index is 0.194. The van der Waals surface area contributed by atoms with Gasteiger partial charge in [-0.25, -0.2) is 0 Å². The molecule has 1 unspecified atom stereocenters. The Morgan fingerprint density at radius 1 is 0.250 bits per heavy atom. The monoisotopic (exact) mass is 713 g/mol. The van der Waals surface area contributed by atoms with Crippen molar-refractivity contribution >= 4 is 17.1 Å². The molecule has 9 aromatic carbocycles. The summed E-state index contributed by atoms with van der Waals surface area (Å²) < 4.78 is 0. The van der Waals surface area contributed by atoms with Crippen LogP contribution in [-0.2, 0) is 0 Å². The molecule has 0 spiro atoms. The van der Waals surface area contributed by atoms with E-state index in [-0.39, 0.29) is 5.92 Å². The van der Waals surface area contributed by atoms with Crippen molar-refractivity contribution < 1.29 is 0 Å². The summed E-state index contributed by atoms with van der Waals surface area (Å²) in [4.78, 5) is 2.37. The number of rotatable bonds is 8. The lowest BCUT2D eigenvalue weighted by atomic mass is 9.88. The highest BCUT2D eigenvalue weighted by atomic mass is 15.1. The Balaban J connectivity index is 1.02. The predicted molar refractivity (Wildman–Crippen MR) is 236 cm³/mol. The maximum Gasteiger partial charge on any atom is 0.0467 e. The Morgan fingerprint density at radius 2 is 0.661 bits per heavy atom. The van der Waals surface area contributed by atoms with Gasteiger partial charge in [0.2, 0.25) is 0 Å². The van der Waals surface area contributed by atoms with Gasteiger partial charge in [-0.3, -0.25) is 0 Å². The third-order valence-corrected chi connectivity index (χ3v) is 11.2. The molecule has 0 saturated heterocycles. The lowest BCUT2D eigenvalue weighted by molar-refractivity contribution is 1.02. The van der Waals surface area contributed by atoms with E-state index < -0.39 is 0 Å². The normalized spacial score (nSPS) is 12.8. The van der Waals surface area contributed by atoms with E-state index in [1.165, 1.54) is 72.3 Å². The van der Waals surface area contributed by atoms with E-state index in [0.29, 0.717) is 0 Å². The molecule has 0 heterocycles. The summed E-state index contributed by atoms with van der Waals surface area (Å²) in [5.74, 6) is 0.194. The van der Waals surface area contributed by atoms with Crippen LogP contribution in [0.5, 0.6) is 0 Å². The number of hydrogen-bond donors (Lipinski definition) is 0. The van der Waals surface area contributed by atoms with Crippen LogP contribution < -0.4 is 4.90 Å². The average Bonchev–Trinajstić information content (AvgIpc) is 3.62. The number of hydrogen-bond acceptors (Lipinski definition) is 1. The van der Waals surface area contributed by atoms with Crippen LogP contribution in [0.1, 0.15) is 22.6 Å². The second kappa shape index (κ2) is 14.5. The van der Waals surface area contributed by atoms with Crippen LogP contribution in [0.2, 0.25) is 0 Å². The highest BCUT2D eigenvalue weighted by molar-refractivity contribution is 5.87. The van der Waals surface area contributed by atoms with E-state index in [0.717, 1.165) is 17.1 Å². The quantitative estimate of drug-likeness (QED) is 0.152. The highest BCUT2D eigenvalue weighted by Crippen LogP contribution is 2.49. The van der Waals surface area contributed by atoms with E-state index in [4.69, 9.17) is 0 Å². The zero-order valence-electron chi connectivity index (χ0n) is 31.0. The second-order valence-electron chi connectivity index (χ2n) is 14.5. The number of nitrogens with zero attached hydrogens (tertiary/aromatic N) is 1. The van der Waals surface area contributed by atoms with Gasteiger partial charge in [-0.05, 0) is 115 Å². The zero-order valence-corrected chi connectivity index (χ0v) is 31.0. The third kappa shape index (κ3) is 6.30. The van der Waals surface area contributed by atoms with Crippen molar-refractivity contribution in [3.63, 3.8) is 0 Å². The number of benzene rings is 9. The lowest BCUT2D eigenvalue weighted by Crippen LogP contribution is -2.10.